The summed E-state index contributed by atoms with van der Waals surface area (Å²) in [6.45, 7) is 0.345. The van der Waals surface area contributed by atoms with E-state index in [0.717, 1.165) is 0 Å². The minimum atomic E-state index is -2.59. The van der Waals surface area contributed by atoms with Crippen LogP contribution in [0.2, 0.25) is 0 Å². The van der Waals surface area contributed by atoms with E-state index >= 15 is 0 Å². The molecule has 1 aromatic heterocycles. The zero-order valence-electron chi connectivity index (χ0n) is 9.98. The van der Waals surface area contributed by atoms with Crippen molar-refractivity contribution in [1.82, 2.24) is 15.0 Å². The molecule has 2 rings (SSSR count). The predicted octanol–water partition coefficient (Wildman–Crippen LogP) is 1.13. The van der Waals surface area contributed by atoms with Gasteiger partial charge in [-0.2, -0.15) is 0 Å². The number of rotatable bonds is 5. The van der Waals surface area contributed by atoms with Crippen LogP contribution in [0.4, 0.5) is 8.78 Å². The Balaban J connectivity index is 1.82. The second-order valence-corrected chi connectivity index (χ2v) is 4.82. The number of hydrogen-bond acceptors (Lipinski definition) is 4. The van der Waals surface area contributed by atoms with Crippen LogP contribution < -0.4 is 5.73 Å². The molecule has 1 fully saturated rings. The van der Waals surface area contributed by atoms with Crippen LogP contribution in [0.3, 0.4) is 0 Å². The fourth-order valence-corrected chi connectivity index (χ4v) is 2.29. The first kappa shape index (κ1) is 13.1. The summed E-state index contributed by atoms with van der Waals surface area (Å²) < 4.78 is 27.3. The molecule has 1 saturated carbocycles. The van der Waals surface area contributed by atoms with Crippen molar-refractivity contribution in [1.29, 1.82) is 0 Å². The van der Waals surface area contributed by atoms with Crippen LogP contribution in [0, 0.1) is 5.92 Å². The summed E-state index contributed by atoms with van der Waals surface area (Å²) in [4.78, 5) is 11.7. The zero-order chi connectivity index (χ0) is 13.2. The van der Waals surface area contributed by atoms with Crippen LogP contribution >= 0.6 is 0 Å². The van der Waals surface area contributed by atoms with Gasteiger partial charge in [0, 0.05) is 25.8 Å². The summed E-state index contributed by atoms with van der Waals surface area (Å²) in [6.07, 6.45) is 1.93. The van der Waals surface area contributed by atoms with Gasteiger partial charge in [-0.1, -0.05) is 5.21 Å². The van der Waals surface area contributed by atoms with Gasteiger partial charge in [0.05, 0.1) is 11.9 Å². The van der Waals surface area contributed by atoms with Crippen LogP contribution in [0.15, 0.2) is 6.20 Å². The lowest BCUT2D eigenvalue weighted by atomic mass is 10.0. The first-order chi connectivity index (χ1) is 8.48. The molecule has 100 valence electrons. The van der Waals surface area contributed by atoms with Crippen LogP contribution in [-0.2, 0) is 17.9 Å². The number of Topliss-reactive ketones (excluding diaryl/α,β-unsaturated/α-hetero) is 1. The van der Waals surface area contributed by atoms with E-state index in [0.29, 0.717) is 12.1 Å². The maximum Gasteiger partial charge on any atom is 0.248 e. The molecule has 0 aliphatic heterocycles. The van der Waals surface area contributed by atoms with Gasteiger partial charge in [0.15, 0.2) is 5.78 Å². The van der Waals surface area contributed by atoms with E-state index in [1.165, 1.54) is 4.68 Å². The molecule has 1 aliphatic carbocycles. The van der Waals surface area contributed by atoms with Gasteiger partial charge in [0.2, 0.25) is 5.92 Å². The Morgan fingerprint density at radius 2 is 2.39 bits per heavy atom. The zero-order valence-corrected chi connectivity index (χ0v) is 9.98. The minimum Gasteiger partial charge on any atom is -0.325 e. The van der Waals surface area contributed by atoms with E-state index in [1.807, 2.05) is 0 Å². The van der Waals surface area contributed by atoms with E-state index in [9.17, 15) is 13.6 Å². The molecule has 1 heterocycles. The summed E-state index contributed by atoms with van der Waals surface area (Å²) in [5.41, 5.74) is 5.98. The van der Waals surface area contributed by atoms with Gasteiger partial charge in [0.25, 0.3) is 0 Å². The number of halogens is 2. The fraction of sp³-hybridized carbons (Fsp3) is 0.727. The summed E-state index contributed by atoms with van der Waals surface area (Å²) >= 11 is 0. The number of ketones is 1. The highest BCUT2D eigenvalue weighted by Crippen LogP contribution is 2.40. The third kappa shape index (κ3) is 3.32. The summed E-state index contributed by atoms with van der Waals surface area (Å²) in [5, 5.41) is 7.51. The molecular formula is C11H16F2N4O. The fourth-order valence-electron chi connectivity index (χ4n) is 2.29. The van der Waals surface area contributed by atoms with Crippen molar-refractivity contribution in [2.24, 2.45) is 11.7 Å². The van der Waals surface area contributed by atoms with E-state index in [-0.39, 0.29) is 44.1 Å². The molecule has 0 aromatic carbocycles. The molecule has 7 heteroatoms. The van der Waals surface area contributed by atoms with E-state index < -0.39 is 5.92 Å². The Bertz CT molecular complexity index is 432. The van der Waals surface area contributed by atoms with Crippen molar-refractivity contribution in [2.45, 2.75) is 44.7 Å². The molecule has 0 spiro atoms. The van der Waals surface area contributed by atoms with Crippen LogP contribution in [0.5, 0.6) is 0 Å². The van der Waals surface area contributed by atoms with Gasteiger partial charge in [0.1, 0.15) is 6.54 Å². The quantitative estimate of drug-likeness (QED) is 0.859. The highest BCUT2D eigenvalue weighted by atomic mass is 19.3. The number of alkyl halides is 2. The highest BCUT2D eigenvalue weighted by Gasteiger charge is 2.39. The molecule has 5 nitrogen and oxygen atoms in total. The van der Waals surface area contributed by atoms with Crippen LogP contribution in [0.1, 0.15) is 31.4 Å². The summed E-state index contributed by atoms with van der Waals surface area (Å²) in [5.74, 6) is -2.89. The monoisotopic (exact) mass is 258 g/mol. The van der Waals surface area contributed by atoms with Crippen molar-refractivity contribution in [3.63, 3.8) is 0 Å². The standard InChI is InChI=1S/C11H16F2N4O/c12-11(13)2-1-8(4-11)3-10(18)7-17-6-9(5-14)15-16-17/h6,8H,1-5,7,14H2. The minimum absolute atomic E-state index is 0.0784. The molecule has 0 amide bonds. The van der Waals surface area contributed by atoms with Crippen LogP contribution in [-0.4, -0.2) is 26.7 Å². The van der Waals surface area contributed by atoms with Gasteiger partial charge in [-0.3, -0.25) is 4.79 Å². The number of carbonyl (C=O) groups is 1. The average Bonchev–Trinajstić information content (AvgIpc) is 2.85. The molecule has 1 aliphatic rings. The number of nitrogens with zero attached hydrogens (tertiary/aromatic N) is 3. The normalized spacial score (nSPS) is 22.3. The SMILES string of the molecule is NCc1cn(CC(=O)CC2CCC(F)(F)C2)nn1. The van der Waals surface area contributed by atoms with Crippen molar-refractivity contribution in [3.05, 3.63) is 11.9 Å². The number of nitrogens with two attached hydrogens (primary N) is 1. The average molecular weight is 258 g/mol. The van der Waals surface area contributed by atoms with Crippen molar-refractivity contribution in [2.75, 3.05) is 0 Å². The molecule has 1 unspecified atom stereocenters. The maximum absolute atomic E-state index is 13.0. The lowest BCUT2D eigenvalue weighted by Gasteiger charge is -2.09. The first-order valence-electron chi connectivity index (χ1n) is 5.97. The Morgan fingerprint density at radius 1 is 1.61 bits per heavy atom. The van der Waals surface area contributed by atoms with Gasteiger partial charge < -0.3 is 5.73 Å². The lowest BCUT2D eigenvalue weighted by Crippen LogP contribution is -2.15. The Hall–Kier alpha value is -1.37. The first-order valence-corrected chi connectivity index (χ1v) is 5.97. The Kier molecular flexibility index (Phi) is 3.70. The van der Waals surface area contributed by atoms with Crippen molar-refractivity contribution >= 4 is 5.78 Å². The predicted molar refractivity (Wildman–Crippen MR) is 59.8 cm³/mol. The molecule has 0 saturated heterocycles. The van der Waals surface area contributed by atoms with E-state index in [2.05, 4.69) is 10.3 Å². The second kappa shape index (κ2) is 5.09. The topological polar surface area (TPSA) is 73.8 Å². The molecule has 2 N–H and O–H groups in total. The third-order valence-electron chi connectivity index (χ3n) is 3.16. The third-order valence-corrected chi connectivity index (χ3v) is 3.16. The Labute approximate surface area is 103 Å². The summed E-state index contributed by atoms with van der Waals surface area (Å²) in [6, 6.07) is 0. The Morgan fingerprint density at radius 3 is 2.94 bits per heavy atom. The maximum atomic E-state index is 13.0. The van der Waals surface area contributed by atoms with Gasteiger partial charge >= 0.3 is 0 Å². The number of carbonyl (C=O) groups excluding carboxylic acids is 1. The molecule has 0 bridgehead atoms. The van der Waals surface area contributed by atoms with Gasteiger partial charge in [-0.25, -0.2) is 13.5 Å². The second-order valence-electron chi connectivity index (χ2n) is 4.82. The number of hydrogen-bond donors (Lipinski definition) is 1. The van der Waals surface area contributed by atoms with Crippen molar-refractivity contribution in [3.8, 4) is 0 Å². The van der Waals surface area contributed by atoms with Crippen LogP contribution in [0.25, 0.3) is 0 Å². The largest absolute Gasteiger partial charge is 0.325 e. The van der Waals surface area contributed by atoms with E-state index in [4.69, 9.17) is 5.73 Å². The highest BCUT2D eigenvalue weighted by molar-refractivity contribution is 5.78. The molecule has 18 heavy (non-hydrogen) atoms. The number of aromatic nitrogens is 3. The lowest BCUT2D eigenvalue weighted by molar-refractivity contribution is -0.120. The molecule has 0 radical (unpaired) electrons. The summed E-state index contributed by atoms with van der Waals surface area (Å²) in [7, 11) is 0. The molecule has 1 atom stereocenters. The smallest absolute Gasteiger partial charge is 0.248 e. The molecule has 1 aromatic rings. The van der Waals surface area contributed by atoms with Crippen molar-refractivity contribution < 1.29 is 13.6 Å². The molecular weight excluding hydrogens is 242 g/mol. The van der Waals surface area contributed by atoms with Gasteiger partial charge in [-0.15, -0.1) is 5.10 Å². The van der Waals surface area contributed by atoms with Gasteiger partial charge in [-0.05, 0) is 12.3 Å². The van der Waals surface area contributed by atoms with E-state index in [1.54, 1.807) is 6.20 Å².